The Labute approximate surface area is 176 Å². The molecule has 152 valence electrons. The number of fused-ring (bicyclic) bond motifs is 1. The molecule has 0 fully saturated rings. The van der Waals surface area contributed by atoms with Crippen molar-refractivity contribution in [3.05, 3.63) is 75.2 Å². The first-order valence-corrected chi connectivity index (χ1v) is 11.1. The number of thiophene rings is 1. The molecule has 0 saturated heterocycles. The van der Waals surface area contributed by atoms with E-state index < -0.39 is 0 Å². The first kappa shape index (κ1) is 19.9. The van der Waals surface area contributed by atoms with Gasteiger partial charge in [0.25, 0.3) is 5.91 Å². The second-order valence-electron chi connectivity index (χ2n) is 7.84. The standard InChI is InChI=1S/C23H28N4OS/c1-26(2)23(28)22-20-15-18(24-13-12-19-9-6-14-29-19)10-11-21(20)27(25-22)16-17-7-4-3-5-8-17/h3-9,14,18,24H,10-13,15-16H2,1-2H3/t18-/m1/s1. The number of hydrogen-bond donors (Lipinski definition) is 1. The summed E-state index contributed by atoms with van der Waals surface area (Å²) < 4.78 is 2.04. The monoisotopic (exact) mass is 408 g/mol. The van der Waals surface area contributed by atoms with Gasteiger partial charge in [0.05, 0.1) is 6.54 Å². The average molecular weight is 409 g/mol. The summed E-state index contributed by atoms with van der Waals surface area (Å²) in [6, 6.07) is 15.0. The highest BCUT2D eigenvalue weighted by molar-refractivity contribution is 7.09. The molecule has 1 aliphatic rings. The molecule has 1 amide bonds. The lowest BCUT2D eigenvalue weighted by molar-refractivity contribution is 0.0820. The Bertz CT molecular complexity index is 947. The molecule has 1 aromatic carbocycles. The van der Waals surface area contributed by atoms with Crippen molar-refractivity contribution in [2.45, 2.75) is 38.3 Å². The molecule has 0 unspecified atom stereocenters. The molecule has 1 N–H and O–H groups in total. The fourth-order valence-electron chi connectivity index (χ4n) is 3.99. The maximum Gasteiger partial charge on any atom is 0.274 e. The highest BCUT2D eigenvalue weighted by Gasteiger charge is 2.29. The summed E-state index contributed by atoms with van der Waals surface area (Å²) in [6.07, 6.45) is 3.95. The van der Waals surface area contributed by atoms with Crippen LogP contribution in [0.5, 0.6) is 0 Å². The highest BCUT2D eigenvalue weighted by Crippen LogP contribution is 2.26. The first-order chi connectivity index (χ1) is 14.1. The first-order valence-electron chi connectivity index (χ1n) is 10.2. The van der Waals surface area contributed by atoms with Crippen molar-refractivity contribution in [3.8, 4) is 0 Å². The lowest BCUT2D eigenvalue weighted by Crippen LogP contribution is -2.36. The molecule has 0 saturated carbocycles. The van der Waals surface area contributed by atoms with Gasteiger partial charge in [-0.15, -0.1) is 11.3 Å². The van der Waals surface area contributed by atoms with Crippen molar-refractivity contribution in [3.63, 3.8) is 0 Å². The zero-order valence-electron chi connectivity index (χ0n) is 17.1. The third kappa shape index (κ3) is 4.60. The molecule has 0 aliphatic heterocycles. The van der Waals surface area contributed by atoms with Crippen LogP contribution in [0.15, 0.2) is 47.8 Å². The second-order valence-corrected chi connectivity index (χ2v) is 8.87. The Balaban J connectivity index is 1.52. The van der Waals surface area contributed by atoms with E-state index in [2.05, 4.69) is 35.0 Å². The van der Waals surface area contributed by atoms with E-state index in [0.717, 1.165) is 37.8 Å². The summed E-state index contributed by atoms with van der Waals surface area (Å²) in [5.41, 5.74) is 4.17. The number of aromatic nitrogens is 2. The fourth-order valence-corrected chi connectivity index (χ4v) is 4.70. The molecule has 3 aromatic rings. The highest BCUT2D eigenvalue weighted by atomic mass is 32.1. The predicted octanol–water partition coefficient (Wildman–Crippen LogP) is 3.38. The number of rotatable bonds is 7. The number of benzene rings is 1. The second kappa shape index (κ2) is 8.93. The van der Waals surface area contributed by atoms with Gasteiger partial charge in [-0.25, -0.2) is 0 Å². The quantitative estimate of drug-likeness (QED) is 0.652. The molecular weight excluding hydrogens is 380 g/mol. The van der Waals surface area contributed by atoms with Crippen molar-refractivity contribution in [2.75, 3.05) is 20.6 Å². The zero-order valence-corrected chi connectivity index (χ0v) is 17.9. The van der Waals surface area contributed by atoms with Gasteiger partial charge in [0.15, 0.2) is 5.69 Å². The maximum absolute atomic E-state index is 12.8. The number of nitrogens with zero attached hydrogens (tertiary/aromatic N) is 3. The molecule has 2 aromatic heterocycles. The SMILES string of the molecule is CN(C)C(=O)c1nn(Cc2ccccc2)c2c1C[C@H](NCCc1cccs1)CC2. The lowest BCUT2D eigenvalue weighted by Gasteiger charge is -2.25. The van der Waals surface area contributed by atoms with Crippen LogP contribution in [0.2, 0.25) is 0 Å². The molecule has 0 spiro atoms. The number of carbonyl (C=O) groups excluding carboxylic acids is 1. The van der Waals surface area contributed by atoms with Crippen molar-refractivity contribution in [2.24, 2.45) is 0 Å². The minimum atomic E-state index is -0.00713. The summed E-state index contributed by atoms with van der Waals surface area (Å²) in [5.74, 6) is -0.00713. The number of amides is 1. The van der Waals surface area contributed by atoms with Crippen molar-refractivity contribution < 1.29 is 4.79 Å². The third-order valence-corrected chi connectivity index (χ3v) is 6.45. The summed E-state index contributed by atoms with van der Waals surface area (Å²) in [6.45, 7) is 1.68. The van der Waals surface area contributed by atoms with Crippen LogP contribution >= 0.6 is 11.3 Å². The van der Waals surface area contributed by atoms with E-state index in [1.54, 1.807) is 19.0 Å². The van der Waals surface area contributed by atoms with Crippen LogP contribution in [-0.2, 0) is 25.8 Å². The minimum absolute atomic E-state index is 0.00713. The minimum Gasteiger partial charge on any atom is -0.343 e. The predicted molar refractivity (Wildman–Crippen MR) is 118 cm³/mol. The molecule has 1 aliphatic carbocycles. The molecule has 6 heteroatoms. The van der Waals surface area contributed by atoms with Crippen LogP contribution in [0, 0.1) is 0 Å². The Morgan fingerprint density at radius 2 is 2.07 bits per heavy atom. The lowest BCUT2D eigenvalue weighted by atomic mass is 9.91. The molecule has 1 atom stereocenters. The van der Waals surface area contributed by atoms with Gasteiger partial charge in [-0.3, -0.25) is 9.48 Å². The van der Waals surface area contributed by atoms with Crippen molar-refractivity contribution >= 4 is 17.2 Å². The smallest absolute Gasteiger partial charge is 0.274 e. The Hall–Kier alpha value is -2.44. The van der Waals surface area contributed by atoms with Gasteiger partial charge in [0.2, 0.25) is 0 Å². The van der Waals surface area contributed by atoms with Gasteiger partial charge in [-0.05, 0) is 42.7 Å². The largest absolute Gasteiger partial charge is 0.343 e. The summed E-state index contributed by atoms with van der Waals surface area (Å²) in [4.78, 5) is 15.8. The van der Waals surface area contributed by atoms with Crippen LogP contribution in [0.3, 0.4) is 0 Å². The van der Waals surface area contributed by atoms with Gasteiger partial charge in [0, 0.05) is 42.8 Å². The van der Waals surface area contributed by atoms with E-state index in [1.807, 2.05) is 34.2 Å². The van der Waals surface area contributed by atoms with Crippen LogP contribution in [-0.4, -0.2) is 47.3 Å². The number of carbonyl (C=O) groups is 1. The van der Waals surface area contributed by atoms with Gasteiger partial charge < -0.3 is 10.2 Å². The summed E-state index contributed by atoms with van der Waals surface area (Å²) in [5, 5.41) is 10.6. The summed E-state index contributed by atoms with van der Waals surface area (Å²) in [7, 11) is 3.59. The Morgan fingerprint density at radius 3 is 2.79 bits per heavy atom. The Kier molecular flexibility index (Phi) is 6.11. The summed E-state index contributed by atoms with van der Waals surface area (Å²) >= 11 is 1.81. The molecular formula is C23H28N4OS. The maximum atomic E-state index is 12.8. The van der Waals surface area contributed by atoms with E-state index in [4.69, 9.17) is 5.10 Å². The molecule has 29 heavy (non-hydrogen) atoms. The zero-order chi connectivity index (χ0) is 20.2. The van der Waals surface area contributed by atoms with Crippen LogP contribution in [0.25, 0.3) is 0 Å². The van der Waals surface area contributed by atoms with Gasteiger partial charge in [-0.2, -0.15) is 5.10 Å². The van der Waals surface area contributed by atoms with Crippen molar-refractivity contribution in [1.29, 1.82) is 0 Å². The van der Waals surface area contributed by atoms with E-state index >= 15 is 0 Å². The van der Waals surface area contributed by atoms with Crippen LogP contribution < -0.4 is 5.32 Å². The molecule has 0 bridgehead atoms. The van der Waals surface area contributed by atoms with Crippen LogP contribution in [0.1, 0.15) is 38.6 Å². The van der Waals surface area contributed by atoms with E-state index in [0.29, 0.717) is 18.3 Å². The van der Waals surface area contributed by atoms with E-state index in [9.17, 15) is 4.79 Å². The normalized spacial score (nSPS) is 15.9. The molecule has 2 heterocycles. The van der Waals surface area contributed by atoms with Gasteiger partial charge >= 0.3 is 0 Å². The number of hydrogen-bond acceptors (Lipinski definition) is 4. The number of nitrogens with one attached hydrogen (secondary N) is 1. The molecule has 0 radical (unpaired) electrons. The molecule has 5 nitrogen and oxygen atoms in total. The van der Waals surface area contributed by atoms with Gasteiger partial charge in [0.1, 0.15) is 0 Å². The van der Waals surface area contributed by atoms with Gasteiger partial charge in [-0.1, -0.05) is 36.4 Å². The van der Waals surface area contributed by atoms with Crippen LogP contribution in [0.4, 0.5) is 0 Å². The van der Waals surface area contributed by atoms with E-state index in [1.165, 1.54) is 16.1 Å². The van der Waals surface area contributed by atoms with E-state index in [-0.39, 0.29) is 5.91 Å². The fraction of sp³-hybridized carbons (Fsp3) is 0.391. The molecule has 4 rings (SSSR count). The average Bonchev–Trinajstić information content (AvgIpc) is 3.36. The topological polar surface area (TPSA) is 50.2 Å². The Morgan fingerprint density at radius 1 is 1.24 bits per heavy atom. The van der Waals surface area contributed by atoms with Crippen molar-refractivity contribution in [1.82, 2.24) is 20.0 Å². The third-order valence-electron chi connectivity index (χ3n) is 5.52.